The highest BCUT2D eigenvalue weighted by atomic mass is 16.5. The van der Waals surface area contributed by atoms with Gasteiger partial charge in [0, 0.05) is 0 Å². The number of hydrogen-bond acceptors (Lipinski definition) is 4. The summed E-state index contributed by atoms with van der Waals surface area (Å²) < 4.78 is 9.88. The second kappa shape index (κ2) is 2.90. The van der Waals surface area contributed by atoms with Crippen molar-refractivity contribution in [2.24, 2.45) is 0 Å². The SMILES string of the molecule is COc1cccc2noc(C=O)c12. The van der Waals surface area contributed by atoms with E-state index in [0.717, 1.165) is 0 Å². The van der Waals surface area contributed by atoms with Crippen molar-refractivity contribution in [2.45, 2.75) is 0 Å². The highest BCUT2D eigenvalue weighted by Crippen LogP contribution is 2.27. The van der Waals surface area contributed by atoms with Crippen LogP contribution in [0.25, 0.3) is 10.9 Å². The van der Waals surface area contributed by atoms with E-state index in [0.29, 0.717) is 22.9 Å². The van der Waals surface area contributed by atoms with Crippen molar-refractivity contribution in [1.82, 2.24) is 5.16 Å². The molecule has 66 valence electrons. The van der Waals surface area contributed by atoms with Crippen molar-refractivity contribution >= 4 is 17.2 Å². The molecule has 2 aromatic rings. The van der Waals surface area contributed by atoms with Gasteiger partial charge in [-0.15, -0.1) is 0 Å². The molecule has 0 aliphatic rings. The maximum atomic E-state index is 10.6. The van der Waals surface area contributed by atoms with Gasteiger partial charge in [0.25, 0.3) is 0 Å². The van der Waals surface area contributed by atoms with Crippen molar-refractivity contribution in [1.29, 1.82) is 0 Å². The van der Waals surface area contributed by atoms with Crippen LogP contribution in [0.1, 0.15) is 10.6 Å². The van der Waals surface area contributed by atoms with E-state index in [1.165, 1.54) is 7.11 Å². The van der Waals surface area contributed by atoms with E-state index in [2.05, 4.69) is 5.16 Å². The second-order valence-electron chi connectivity index (χ2n) is 2.52. The molecule has 0 amide bonds. The number of rotatable bonds is 2. The van der Waals surface area contributed by atoms with Crippen molar-refractivity contribution in [3.8, 4) is 5.75 Å². The largest absolute Gasteiger partial charge is 0.496 e. The van der Waals surface area contributed by atoms with Crippen LogP contribution in [0.3, 0.4) is 0 Å². The molecular formula is C9H7NO3. The van der Waals surface area contributed by atoms with Crippen molar-refractivity contribution in [2.75, 3.05) is 7.11 Å². The molecule has 0 radical (unpaired) electrons. The van der Waals surface area contributed by atoms with Gasteiger partial charge < -0.3 is 9.26 Å². The summed E-state index contributed by atoms with van der Waals surface area (Å²) in [6, 6.07) is 5.30. The normalized spacial score (nSPS) is 10.2. The van der Waals surface area contributed by atoms with Crippen LogP contribution in [0, 0.1) is 0 Å². The fraction of sp³-hybridized carbons (Fsp3) is 0.111. The molecule has 4 nitrogen and oxygen atoms in total. The molecule has 0 aliphatic heterocycles. The summed E-state index contributed by atoms with van der Waals surface area (Å²) in [5.41, 5.74) is 0.626. The first-order chi connectivity index (χ1) is 6.36. The average Bonchev–Trinajstić information content (AvgIpc) is 2.60. The molecule has 13 heavy (non-hydrogen) atoms. The van der Waals surface area contributed by atoms with Crippen molar-refractivity contribution in [3.05, 3.63) is 24.0 Å². The Labute approximate surface area is 74.1 Å². The Bertz CT molecular complexity index is 447. The van der Waals surface area contributed by atoms with Gasteiger partial charge >= 0.3 is 0 Å². The predicted octanol–water partition coefficient (Wildman–Crippen LogP) is 1.65. The molecule has 0 fully saturated rings. The van der Waals surface area contributed by atoms with E-state index in [1.807, 2.05) is 0 Å². The van der Waals surface area contributed by atoms with E-state index < -0.39 is 0 Å². The number of fused-ring (bicyclic) bond motifs is 1. The summed E-state index contributed by atoms with van der Waals surface area (Å²) >= 11 is 0. The van der Waals surface area contributed by atoms with Crippen LogP contribution in [0.2, 0.25) is 0 Å². The van der Waals surface area contributed by atoms with Crippen LogP contribution in [0.15, 0.2) is 22.7 Å². The molecule has 0 N–H and O–H groups in total. The Morgan fingerprint density at radius 1 is 1.54 bits per heavy atom. The molecule has 0 saturated carbocycles. The topological polar surface area (TPSA) is 52.3 Å². The Balaban J connectivity index is 2.83. The Hall–Kier alpha value is -1.84. The average molecular weight is 177 g/mol. The quantitative estimate of drug-likeness (QED) is 0.654. The maximum absolute atomic E-state index is 10.6. The summed E-state index contributed by atoms with van der Waals surface area (Å²) in [5.74, 6) is 0.799. The molecular weight excluding hydrogens is 170 g/mol. The Morgan fingerprint density at radius 3 is 3.08 bits per heavy atom. The lowest BCUT2D eigenvalue weighted by molar-refractivity contribution is 0.109. The van der Waals surface area contributed by atoms with Crippen LogP contribution >= 0.6 is 0 Å². The minimum absolute atomic E-state index is 0.201. The monoisotopic (exact) mass is 177 g/mol. The highest BCUT2D eigenvalue weighted by Gasteiger charge is 2.11. The number of carbonyl (C=O) groups is 1. The van der Waals surface area contributed by atoms with Gasteiger partial charge in [-0.1, -0.05) is 11.2 Å². The first-order valence-corrected chi connectivity index (χ1v) is 3.74. The zero-order valence-corrected chi connectivity index (χ0v) is 6.98. The molecule has 0 saturated heterocycles. The maximum Gasteiger partial charge on any atom is 0.210 e. The minimum Gasteiger partial charge on any atom is -0.496 e. The standard InChI is InChI=1S/C9H7NO3/c1-12-7-4-2-3-6-9(7)8(5-11)13-10-6/h2-5H,1H3. The van der Waals surface area contributed by atoms with Gasteiger partial charge in [0.2, 0.25) is 5.76 Å². The first kappa shape index (κ1) is 7.79. The van der Waals surface area contributed by atoms with Gasteiger partial charge in [-0.25, -0.2) is 0 Å². The lowest BCUT2D eigenvalue weighted by atomic mass is 10.2. The molecule has 1 aromatic heterocycles. The van der Waals surface area contributed by atoms with Crippen LogP contribution < -0.4 is 4.74 Å². The number of methoxy groups -OCH3 is 1. The third-order valence-corrected chi connectivity index (χ3v) is 1.82. The zero-order valence-electron chi connectivity index (χ0n) is 6.98. The number of hydrogen-bond donors (Lipinski definition) is 0. The number of nitrogens with zero attached hydrogens (tertiary/aromatic N) is 1. The molecule has 0 spiro atoms. The number of aromatic nitrogens is 1. The number of benzene rings is 1. The van der Waals surface area contributed by atoms with Gasteiger partial charge in [-0.05, 0) is 12.1 Å². The molecule has 0 atom stereocenters. The summed E-state index contributed by atoms with van der Waals surface area (Å²) in [6.07, 6.45) is 0.623. The third kappa shape index (κ3) is 1.07. The van der Waals surface area contributed by atoms with Crippen LogP contribution in [-0.2, 0) is 0 Å². The van der Waals surface area contributed by atoms with E-state index in [9.17, 15) is 4.79 Å². The fourth-order valence-electron chi connectivity index (χ4n) is 1.24. The number of ether oxygens (including phenoxy) is 1. The van der Waals surface area contributed by atoms with Crippen molar-refractivity contribution < 1.29 is 14.1 Å². The Kier molecular flexibility index (Phi) is 1.73. The summed E-state index contributed by atoms with van der Waals surface area (Å²) in [5, 5.41) is 4.34. The summed E-state index contributed by atoms with van der Waals surface area (Å²) in [4.78, 5) is 10.6. The lowest BCUT2D eigenvalue weighted by Crippen LogP contribution is -1.84. The van der Waals surface area contributed by atoms with Gasteiger partial charge in [-0.3, -0.25) is 4.79 Å². The predicted molar refractivity (Wildman–Crippen MR) is 45.9 cm³/mol. The fourth-order valence-corrected chi connectivity index (χ4v) is 1.24. The molecule has 0 bridgehead atoms. The van der Waals surface area contributed by atoms with Gasteiger partial charge in [-0.2, -0.15) is 0 Å². The molecule has 1 aromatic carbocycles. The van der Waals surface area contributed by atoms with Crippen LogP contribution in [0.5, 0.6) is 5.75 Å². The number of carbonyl (C=O) groups excluding carboxylic acids is 1. The number of aldehydes is 1. The summed E-state index contributed by atoms with van der Waals surface area (Å²) in [7, 11) is 1.54. The highest BCUT2D eigenvalue weighted by molar-refractivity contribution is 5.97. The lowest BCUT2D eigenvalue weighted by Gasteiger charge is -1.98. The van der Waals surface area contributed by atoms with E-state index >= 15 is 0 Å². The van der Waals surface area contributed by atoms with Crippen molar-refractivity contribution in [3.63, 3.8) is 0 Å². The van der Waals surface area contributed by atoms with E-state index in [4.69, 9.17) is 9.26 Å². The van der Waals surface area contributed by atoms with E-state index in [-0.39, 0.29) is 5.76 Å². The zero-order chi connectivity index (χ0) is 9.26. The second-order valence-corrected chi connectivity index (χ2v) is 2.52. The van der Waals surface area contributed by atoms with E-state index in [1.54, 1.807) is 18.2 Å². The van der Waals surface area contributed by atoms with Gasteiger partial charge in [0.15, 0.2) is 6.29 Å². The van der Waals surface area contributed by atoms with Gasteiger partial charge in [0.1, 0.15) is 11.3 Å². The summed E-state index contributed by atoms with van der Waals surface area (Å²) in [6.45, 7) is 0. The molecule has 1 heterocycles. The molecule has 0 aliphatic carbocycles. The molecule has 4 heteroatoms. The third-order valence-electron chi connectivity index (χ3n) is 1.82. The Morgan fingerprint density at radius 2 is 2.38 bits per heavy atom. The minimum atomic E-state index is 0.201. The molecule has 2 rings (SSSR count). The van der Waals surface area contributed by atoms with Crippen LogP contribution in [0.4, 0.5) is 0 Å². The smallest absolute Gasteiger partial charge is 0.210 e. The van der Waals surface area contributed by atoms with Gasteiger partial charge in [0.05, 0.1) is 12.5 Å². The van der Waals surface area contributed by atoms with Crippen LogP contribution in [-0.4, -0.2) is 18.6 Å². The molecule has 0 unspecified atom stereocenters. The first-order valence-electron chi connectivity index (χ1n) is 3.74.